The Hall–Kier alpha value is -4.89. The highest BCUT2D eigenvalue weighted by Gasteiger charge is 2.36. The summed E-state index contributed by atoms with van der Waals surface area (Å²) >= 11 is 6.44. The van der Waals surface area contributed by atoms with E-state index in [2.05, 4.69) is 34.0 Å². The summed E-state index contributed by atoms with van der Waals surface area (Å²) in [5.74, 6) is 0.781. The molecule has 0 aliphatic carbocycles. The molecule has 45 heavy (non-hydrogen) atoms. The number of ether oxygens (including phenoxy) is 1. The molecule has 0 unspecified atom stereocenters. The lowest BCUT2D eigenvalue weighted by Gasteiger charge is -2.20. The number of anilines is 3. The van der Waals surface area contributed by atoms with Crippen molar-refractivity contribution < 1.29 is 18.7 Å². The highest BCUT2D eigenvalue weighted by molar-refractivity contribution is 6.19. The fourth-order valence-corrected chi connectivity index (χ4v) is 6.82. The SMILES string of the molecule is CCN(CC)c1ccc2cc(C(=O)Nc3ccc4[nH]c(C(=O)N5C[C@@H](CCl)c6c5cc(OC)c5[nH]cc(C)c65)cc4c3)oc2c1. The average Bonchev–Trinajstić information content (AvgIpc) is 3.84. The van der Waals surface area contributed by atoms with Gasteiger partial charge in [-0.1, -0.05) is 0 Å². The van der Waals surface area contributed by atoms with Crippen LogP contribution in [0.25, 0.3) is 32.8 Å². The molecule has 2 amide bonds. The van der Waals surface area contributed by atoms with E-state index in [1.165, 1.54) is 0 Å². The fourth-order valence-electron chi connectivity index (χ4n) is 6.57. The molecule has 10 heteroatoms. The van der Waals surface area contributed by atoms with E-state index in [1.54, 1.807) is 24.1 Å². The predicted octanol–water partition coefficient (Wildman–Crippen LogP) is 7.79. The number of hydrogen-bond donors (Lipinski definition) is 3. The van der Waals surface area contributed by atoms with Gasteiger partial charge in [0.15, 0.2) is 5.76 Å². The highest BCUT2D eigenvalue weighted by atomic mass is 35.5. The van der Waals surface area contributed by atoms with Gasteiger partial charge in [0.2, 0.25) is 0 Å². The van der Waals surface area contributed by atoms with E-state index in [9.17, 15) is 9.59 Å². The molecule has 4 heterocycles. The number of benzene rings is 3. The monoisotopic (exact) mass is 623 g/mol. The van der Waals surface area contributed by atoms with Crippen molar-refractivity contribution in [2.24, 2.45) is 0 Å². The smallest absolute Gasteiger partial charge is 0.291 e. The van der Waals surface area contributed by atoms with Crippen LogP contribution in [0, 0.1) is 6.92 Å². The normalized spacial score (nSPS) is 14.4. The lowest BCUT2D eigenvalue weighted by atomic mass is 9.97. The number of fused-ring (bicyclic) bond motifs is 5. The van der Waals surface area contributed by atoms with Crippen molar-refractivity contribution >= 4 is 73.3 Å². The molecule has 0 fully saturated rings. The number of H-pyrrole nitrogens is 2. The molecule has 3 aromatic heterocycles. The van der Waals surface area contributed by atoms with E-state index in [0.29, 0.717) is 35.1 Å². The Labute approximate surface area is 265 Å². The van der Waals surface area contributed by atoms with E-state index in [0.717, 1.165) is 62.8 Å². The molecular formula is C35H34ClN5O4. The molecule has 7 rings (SSSR count). The minimum Gasteiger partial charge on any atom is -0.494 e. The van der Waals surface area contributed by atoms with Crippen molar-refractivity contribution in [1.82, 2.24) is 9.97 Å². The Kier molecular flexibility index (Phi) is 7.20. The first-order valence-electron chi connectivity index (χ1n) is 15.1. The number of aromatic amines is 2. The number of alkyl halides is 1. The lowest BCUT2D eigenvalue weighted by Crippen LogP contribution is -2.30. The molecule has 3 aromatic carbocycles. The summed E-state index contributed by atoms with van der Waals surface area (Å²) in [7, 11) is 1.63. The summed E-state index contributed by atoms with van der Waals surface area (Å²) in [5.41, 5.74) is 7.40. The number of furan rings is 1. The van der Waals surface area contributed by atoms with Crippen LogP contribution in [0.1, 0.15) is 51.9 Å². The van der Waals surface area contributed by atoms with E-state index >= 15 is 0 Å². The first kappa shape index (κ1) is 28.9. The second-order valence-electron chi connectivity index (χ2n) is 11.4. The van der Waals surface area contributed by atoms with Gasteiger partial charge in [-0.2, -0.15) is 0 Å². The number of aryl methyl sites for hydroxylation is 1. The first-order chi connectivity index (χ1) is 21.8. The van der Waals surface area contributed by atoms with E-state index in [-0.39, 0.29) is 23.5 Å². The number of rotatable bonds is 8. The van der Waals surface area contributed by atoms with Crippen LogP contribution in [-0.2, 0) is 0 Å². The number of nitrogens with zero attached hydrogens (tertiary/aromatic N) is 2. The van der Waals surface area contributed by atoms with Crippen molar-refractivity contribution in [2.75, 3.05) is 47.7 Å². The Morgan fingerprint density at radius 3 is 2.67 bits per heavy atom. The van der Waals surface area contributed by atoms with Gasteiger partial charge < -0.3 is 34.2 Å². The summed E-state index contributed by atoms with van der Waals surface area (Å²) in [6.45, 7) is 8.49. The highest BCUT2D eigenvalue weighted by Crippen LogP contribution is 2.46. The maximum Gasteiger partial charge on any atom is 0.291 e. The number of aromatic nitrogens is 2. The summed E-state index contributed by atoms with van der Waals surface area (Å²) in [5, 5.41) is 5.66. The topological polar surface area (TPSA) is 107 Å². The zero-order valence-corrected chi connectivity index (χ0v) is 26.3. The van der Waals surface area contributed by atoms with E-state index < -0.39 is 0 Å². The van der Waals surface area contributed by atoms with Gasteiger partial charge in [0.05, 0.1) is 18.3 Å². The second kappa shape index (κ2) is 11.2. The number of nitrogens with one attached hydrogen (secondary N) is 3. The number of methoxy groups -OCH3 is 1. The van der Waals surface area contributed by atoms with Gasteiger partial charge in [0, 0.05) is 82.8 Å². The largest absolute Gasteiger partial charge is 0.494 e. The van der Waals surface area contributed by atoms with Crippen LogP contribution >= 0.6 is 11.6 Å². The quantitative estimate of drug-likeness (QED) is 0.150. The number of carbonyl (C=O) groups excluding carboxylic acids is 2. The summed E-state index contributed by atoms with van der Waals surface area (Å²) in [4.78, 5) is 37.7. The molecule has 3 N–H and O–H groups in total. The van der Waals surface area contributed by atoms with E-state index in [1.807, 2.05) is 55.6 Å². The van der Waals surface area contributed by atoms with Crippen LogP contribution in [0.3, 0.4) is 0 Å². The number of amides is 2. The van der Waals surface area contributed by atoms with Gasteiger partial charge in [-0.3, -0.25) is 9.59 Å². The minimum atomic E-state index is -0.345. The van der Waals surface area contributed by atoms with Gasteiger partial charge in [-0.25, -0.2) is 0 Å². The molecule has 0 spiro atoms. The maximum absolute atomic E-state index is 14.0. The zero-order chi connectivity index (χ0) is 31.4. The molecule has 0 saturated heterocycles. The minimum absolute atomic E-state index is 0.0122. The third kappa shape index (κ3) is 4.78. The summed E-state index contributed by atoms with van der Waals surface area (Å²) < 4.78 is 11.6. The molecule has 1 aliphatic rings. The van der Waals surface area contributed by atoms with Gasteiger partial charge in [0.1, 0.15) is 17.0 Å². The third-order valence-corrected chi connectivity index (χ3v) is 9.23. The van der Waals surface area contributed by atoms with Crippen molar-refractivity contribution in [3.05, 3.63) is 83.4 Å². The number of carbonyl (C=O) groups is 2. The van der Waals surface area contributed by atoms with Crippen LogP contribution < -0.4 is 19.9 Å². The van der Waals surface area contributed by atoms with Crippen molar-refractivity contribution in [2.45, 2.75) is 26.7 Å². The Balaban J connectivity index is 1.15. The number of halogens is 1. The average molecular weight is 624 g/mol. The molecule has 0 radical (unpaired) electrons. The fraction of sp³-hybridized carbons (Fsp3) is 0.257. The maximum atomic E-state index is 14.0. The molecular weight excluding hydrogens is 590 g/mol. The standard InChI is InChI=1S/C35H34ClN5O4/c1-5-40(6-2)24-9-7-20-13-30(45-28(20)14-24)34(42)38-23-8-10-25-21(11-23)12-26(39-25)35(43)41-18-22(16-36)32-27(41)15-29(44-4)33-31(32)19(3)17-37-33/h7-15,17,22,37,39H,5-6,16,18H2,1-4H3,(H,38,42)/t22-/m1/s1. The Morgan fingerprint density at radius 2 is 1.91 bits per heavy atom. The molecule has 1 atom stereocenters. The molecule has 230 valence electrons. The van der Waals surface area contributed by atoms with Crippen LogP contribution in [0.4, 0.5) is 17.1 Å². The molecule has 0 saturated carbocycles. The lowest BCUT2D eigenvalue weighted by molar-refractivity contribution is 0.0981. The number of hydrogen-bond acceptors (Lipinski definition) is 5. The first-order valence-corrected chi connectivity index (χ1v) is 15.7. The Bertz CT molecular complexity index is 2100. The van der Waals surface area contributed by atoms with Crippen LogP contribution in [0.15, 0.2) is 65.2 Å². The molecule has 0 bridgehead atoms. The zero-order valence-electron chi connectivity index (χ0n) is 25.6. The van der Waals surface area contributed by atoms with Crippen molar-refractivity contribution in [3.8, 4) is 5.75 Å². The van der Waals surface area contributed by atoms with Gasteiger partial charge >= 0.3 is 0 Å². The van der Waals surface area contributed by atoms with E-state index in [4.69, 9.17) is 20.8 Å². The predicted molar refractivity (Wildman–Crippen MR) is 181 cm³/mol. The van der Waals surface area contributed by atoms with Gasteiger partial charge in [-0.05, 0) is 74.4 Å². The van der Waals surface area contributed by atoms with Crippen molar-refractivity contribution in [1.29, 1.82) is 0 Å². The summed E-state index contributed by atoms with van der Waals surface area (Å²) in [6, 6.07) is 17.0. The van der Waals surface area contributed by atoms with Crippen LogP contribution in [0.2, 0.25) is 0 Å². The third-order valence-electron chi connectivity index (χ3n) is 8.86. The van der Waals surface area contributed by atoms with Crippen LogP contribution in [-0.4, -0.2) is 54.4 Å². The molecule has 1 aliphatic heterocycles. The Morgan fingerprint density at radius 1 is 1.09 bits per heavy atom. The molecule has 6 aromatic rings. The molecule has 9 nitrogen and oxygen atoms in total. The second-order valence-corrected chi connectivity index (χ2v) is 11.8. The van der Waals surface area contributed by atoms with Gasteiger partial charge in [0.25, 0.3) is 11.8 Å². The van der Waals surface area contributed by atoms with Crippen molar-refractivity contribution in [3.63, 3.8) is 0 Å². The summed E-state index contributed by atoms with van der Waals surface area (Å²) in [6.07, 6.45) is 1.95. The van der Waals surface area contributed by atoms with Gasteiger partial charge in [-0.15, -0.1) is 11.6 Å². The van der Waals surface area contributed by atoms with Crippen LogP contribution in [0.5, 0.6) is 5.75 Å².